The molecule has 0 aliphatic carbocycles. The van der Waals surface area contributed by atoms with Crippen molar-refractivity contribution in [3.63, 3.8) is 0 Å². The lowest BCUT2D eigenvalue weighted by Gasteiger charge is -2.32. The standard InChI is InChI=1S/C33H34N6O4S/c1-22-17-25(5-4-14-34)18-23(2)31(22)43-32-30(26-6-3-7-28(40)19-26)20-36-33(38-32)37-27-12-15-39(16-13-27)21-24-8-10-29(11-9-24)44(35,41)42/h3-11,17-20,27,40H,12-13,15-16,21H2,1-2H3,(H2,35,41,42)(H,36,37,38)/b5-4+. The highest BCUT2D eigenvalue weighted by Gasteiger charge is 2.22. The van der Waals surface area contributed by atoms with Gasteiger partial charge in [0.1, 0.15) is 11.5 Å². The van der Waals surface area contributed by atoms with E-state index in [4.69, 9.17) is 20.1 Å². The van der Waals surface area contributed by atoms with Crippen LogP contribution in [0.25, 0.3) is 17.2 Å². The molecular formula is C33H34N6O4S. The van der Waals surface area contributed by atoms with E-state index >= 15 is 0 Å². The lowest BCUT2D eigenvalue weighted by atomic mass is 10.0. The molecule has 1 aliphatic heterocycles. The Balaban J connectivity index is 1.32. The van der Waals surface area contributed by atoms with Crippen LogP contribution in [0.5, 0.6) is 17.4 Å². The fourth-order valence-corrected chi connectivity index (χ4v) is 5.83. The van der Waals surface area contributed by atoms with Gasteiger partial charge in [0, 0.05) is 37.9 Å². The maximum absolute atomic E-state index is 11.5. The highest BCUT2D eigenvalue weighted by atomic mass is 32.2. The fourth-order valence-electron chi connectivity index (χ4n) is 5.32. The smallest absolute Gasteiger partial charge is 0.238 e. The molecule has 0 saturated carbocycles. The molecule has 5 rings (SSSR count). The minimum atomic E-state index is -3.71. The number of nitrogens with two attached hydrogens (primary N) is 1. The fraction of sp³-hybridized carbons (Fsp3) is 0.242. The monoisotopic (exact) mass is 610 g/mol. The zero-order valence-electron chi connectivity index (χ0n) is 24.6. The number of primary sulfonamides is 1. The van der Waals surface area contributed by atoms with Crippen molar-refractivity contribution >= 4 is 22.0 Å². The van der Waals surface area contributed by atoms with Crippen LogP contribution in [0, 0.1) is 25.2 Å². The molecule has 0 atom stereocenters. The molecule has 0 spiro atoms. The van der Waals surface area contributed by atoms with E-state index in [1.807, 2.05) is 38.1 Å². The summed E-state index contributed by atoms with van der Waals surface area (Å²) in [4.78, 5) is 11.8. The number of aromatic hydroxyl groups is 1. The second-order valence-corrected chi connectivity index (χ2v) is 12.5. The SMILES string of the molecule is Cc1cc(/C=C/C#N)cc(C)c1Oc1nc(NC2CCN(Cc3ccc(S(N)(=O)=O)cc3)CC2)ncc1-c1cccc(O)c1. The Labute approximate surface area is 257 Å². The van der Waals surface area contributed by atoms with Gasteiger partial charge in [0.2, 0.25) is 21.9 Å². The summed E-state index contributed by atoms with van der Waals surface area (Å²) >= 11 is 0. The highest BCUT2D eigenvalue weighted by Crippen LogP contribution is 2.36. The number of anilines is 1. The minimum Gasteiger partial charge on any atom is -0.508 e. The summed E-state index contributed by atoms with van der Waals surface area (Å²) < 4.78 is 29.5. The first kappa shape index (κ1) is 30.7. The zero-order chi connectivity index (χ0) is 31.3. The normalized spacial score (nSPS) is 14.4. The van der Waals surface area contributed by atoms with Crippen molar-refractivity contribution in [2.24, 2.45) is 5.14 Å². The number of phenols is 1. The molecule has 4 N–H and O–H groups in total. The molecule has 0 radical (unpaired) electrons. The highest BCUT2D eigenvalue weighted by molar-refractivity contribution is 7.89. The van der Waals surface area contributed by atoms with Gasteiger partial charge in [-0.2, -0.15) is 10.2 Å². The number of nitrogens with zero attached hydrogens (tertiary/aromatic N) is 4. The van der Waals surface area contributed by atoms with Gasteiger partial charge in [-0.05, 0) is 97.0 Å². The molecule has 0 unspecified atom stereocenters. The first-order valence-corrected chi connectivity index (χ1v) is 15.8. The van der Waals surface area contributed by atoms with Crippen LogP contribution in [0.3, 0.4) is 0 Å². The summed E-state index contributed by atoms with van der Waals surface area (Å²) in [7, 11) is -3.71. The van der Waals surface area contributed by atoms with Gasteiger partial charge >= 0.3 is 0 Å². The first-order valence-electron chi connectivity index (χ1n) is 14.2. The van der Waals surface area contributed by atoms with Gasteiger partial charge < -0.3 is 15.2 Å². The first-order chi connectivity index (χ1) is 21.1. The summed E-state index contributed by atoms with van der Waals surface area (Å²) in [5, 5.41) is 27.7. The average molecular weight is 611 g/mol. The third-order valence-corrected chi connectivity index (χ3v) is 8.45. The molecule has 0 bridgehead atoms. The van der Waals surface area contributed by atoms with Crippen LogP contribution in [0.15, 0.2) is 77.8 Å². The van der Waals surface area contributed by atoms with Crippen molar-refractivity contribution in [1.29, 1.82) is 5.26 Å². The second-order valence-electron chi connectivity index (χ2n) is 10.9. The van der Waals surface area contributed by atoms with E-state index in [1.165, 1.54) is 6.08 Å². The van der Waals surface area contributed by atoms with Gasteiger partial charge in [-0.1, -0.05) is 24.3 Å². The largest absolute Gasteiger partial charge is 0.508 e. The number of sulfonamides is 1. The summed E-state index contributed by atoms with van der Waals surface area (Å²) in [6.45, 7) is 6.31. The second kappa shape index (κ2) is 13.3. The van der Waals surface area contributed by atoms with Crippen LogP contribution >= 0.6 is 0 Å². The molecule has 1 saturated heterocycles. The lowest BCUT2D eigenvalue weighted by Crippen LogP contribution is -2.39. The summed E-state index contributed by atoms with van der Waals surface area (Å²) in [6.07, 6.45) is 6.64. The van der Waals surface area contributed by atoms with Crippen LogP contribution in [0.1, 0.15) is 35.1 Å². The number of hydrogen-bond donors (Lipinski definition) is 3. The number of aryl methyl sites for hydroxylation is 2. The number of nitrogens with one attached hydrogen (secondary N) is 1. The summed E-state index contributed by atoms with van der Waals surface area (Å²) in [5.74, 6) is 1.60. The molecule has 44 heavy (non-hydrogen) atoms. The van der Waals surface area contributed by atoms with Crippen LogP contribution < -0.4 is 15.2 Å². The predicted molar refractivity (Wildman–Crippen MR) is 170 cm³/mol. The lowest BCUT2D eigenvalue weighted by molar-refractivity contribution is 0.211. The number of nitriles is 1. The Morgan fingerprint density at radius 3 is 2.45 bits per heavy atom. The molecule has 11 heteroatoms. The number of phenolic OH excluding ortho intramolecular Hbond substituents is 1. The minimum absolute atomic E-state index is 0.109. The van der Waals surface area contributed by atoms with E-state index in [0.29, 0.717) is 29.7 Å². The average Bonchev–Trinajstić information content (AvgIpc) is 2.99. The predicted octanol–water partition coefficient (Wildman–Crippen LogP) is 5.52. The maximum Gasteiger partial charge on any atom is 0.238 e. The van der Waals surface area contributed by atoms with Gasteiger partial charge in [0.25, 0.3) is 0 Å². The van der Waals surface area contributed by atoms with Crippen LogP contribution in [0.4, 0.5) is 5.95 Å². The van der Waals surface area contributed by atoms with Crippen molar-refractivity contribution in [2.45, 2.75) is 44.2 Å². The van der Waals surface area contributed by atoms with Crippen LogP contribution in [-0.4, -0.2) is 47.5 Å². The number of benzene rings is 3. The molecule has 0 amide bonds. The molecule has 4 aromatic rings. The number of hydrogen-bond acceptors (Lipinski definition) is 9. The number of allylic oxidation sites excluding steroid dienone is 1. The quantitative estimate of drug-likeness (QED) is 0.208. The van der Waals surface area contributed by atoms with E-state index < -0.39 is 10.0 Å². The van der Waals surface area contributed by atoms with E-state index in [2.05, 4.69) is 15.2 Å². The van der Waals surface area contributed by atoms with Gasteiger partial charge in [-0.15, -0.1) is 0 Å². The Bertz CT molecular complexity index is 1800. The molecule has 1 aromatic heterocycles. The molecule has 3 aromatic carbocycles. The number of aromatic nitrogens is 2. The van der Waals surface area contributed by atoms with Crippen molar-refractivity contribution < 1.29 is 18.3 Å². The van der Waals surface area contributed by atoms with E-state index in [-0.39, 0.29) is 16.7 Å². The van der Waals surface area contributed by atoms with Gasteiger partial charge in [0.15, 0.2) is 0 Å². The molecule has 2 heterocycles. The van der Waals surface area contributed by atoms with Gasteiger partial charge in [-0.3, -0.25) is 4.90 Å². The van der Waals surface area contributed by atoms with Crippen molar-refractivity contribution in [1.82, 2.24) is 14.9 Å². The van der Waals surface area contributed by atoms with E-state index in [0.717, 1.165) is 53.7 Å². The Morgan fingerprint density at radius 2 is 1.82 bits per heavy atom. The summed E-state index contributed by atoms with van der Waals surface area (Å²) in [6, 6.07) is 19.6. The Hall–Kier alpha value is -4.76. The maximum atomic E-state index is 11.5. The van der Waals surface area contributed by atoms with E-state index in [1.54, 1.807) is 54.7 Å². The molecule has 1 fully saturated rings. The number of piperidine rings is 1. The van der Waals surface area contributed by atoms with Crippen molar-refractivity contribution in [2.75, 3.05) is 18.4 Å². The Morgan fingerprint density at radius 1 is 1.11 bits per heavy atom. The van der Waals surface area contributed by atoms with Crippen LogP contribution in [0.2, 0.25) is 0 Å². The van der Waals surface area contributed by atoms with Gasteiger partial charge in [-0.25, -0.2) is 18.5 Å². The van der Waals surface area contributed by atoms with Crippen LogP contribution in [-0.2, 0) is 16.6 Å². The number of likely N-dealkylation sites (tertiary alicyclic amines) is 1. The number of ether oxygens (including phenoxy) is 1. The third kappa shape index (κ3) is 7.60. The molecule has 10 nitrogen and oxygen atoms in total. The van der Waals surface area contributed by atoms with Crippen molar-refractivity contribution in [3.05, 3.63) is 95.2 Å². The molecule has 1 aliphatic rings. The summed E-state index contributed by atoms with van der Waals surface area (Å²) in [5.41, 5.74) is 5.08. The Kier molecular flexibility index (Phi) is 9.25. The third-order valence-electron chi connectivity index (χ3n) is 7.52. The molecular weight excluding hydrogens is 576 g/mol. The van der Waals surface area contributed by atoms with E-state index in [9.17, 15) is 13.5 Å². The van der Waals surface area contributed by atoms with Gasteiger partial charge in [0.05, 0.1) is 16.5 Å². The topological polar surface area (TPSA) is 154 Å². The zero-order valence-corrected chi connectivity index (χ0v) is 25.4. The number of rotatable bonds is 9. The van der Waals surface area contributed by atoms with Crippen molar-refractivity contribution in [3.8, 4) is 34.6 Å². The molecule has 226 valence electrons.